The largest absolute Gasteiger partial charge is 0.433 e. The van der Waals surface area contributed by atoms with E-state index in [2.05, 4.69) is 36.3 Å². The Morgan fingerprint density at radius 1 is 1.38 bits per heavy atom. The van der Waals surface area contributed by atoms with Crippen molar-refractivity contribution in [3.8, 4) is 10.8 Å². The fourth-order valence-electron chi connectivity index (χ4n) is 1.70. The number of nitro groups is 1. The maximum Gasteiger partial charge on any atom is 0.433 e. The monoisotopic (exact) mass is 310 g/mol. The second-order valence-electron chi connectivity index (χ2n) is 5.68. The molecule has 2 rings (SSSR count). The van der Waals surface area contributed by atoms with Crippen molar-refractivity contribution in [3.63, 3.8) is 0 Å². The summed E-state index contributed by atoms with van der Waals surface area (Å²) in [5.41, 5.74) is 0.111. The summed E-state index contributed by atoms with van der Waals surface area (Å²) >= 11 is 1.40. The molecule has 7 nitrogen and oxygen atoms in total. The van der Waals surface area contributed by atoms with Crippen molar-refractivity contribution in [2.75, 3.05) is 6.54 Å². The number of aromatic nitrogens is 2. The van der Waals surface area contributed by atoms with Gasteiger partial charge in [-0.3, -0.25) is 10.1 Å². The number of furan rings is 1. The second-order valence-corrected chi connectivity index (χ2v) is 6.74. The van der Waals surface area contributed by atoms with Crippen LogP contribution in [0.5, 0.6) is 0 Å². The minimum atomic E-state index is -0.566. The van der Waals surface area contributed by atoms with Gasteiger partial charge in [-0.05, 0) is 39.8 Å². The van der Waals surface area contributed by atoms with Crippen molar-refractivity contribution in [2.45, 2.75) is 39.2 Å². The van der Waals surface area contributed by atoms with Gasteiger partial charge in [-0.1, -0.05) is 11.3 Å². The molecule has 2 aromatic rings. The van der Waals surface area contributed by atoms with Crippen LogP contribution in [0.15, 0.2) is 16.5 Å². The van der Waals surface area contributed by atoms with Crippen molar-refractivity contribution in [1.29, 1.82) is 0 Å². The van der Waals surface area contributed by atoms with Crippen molar-refractivity contribution in [2.24, 2.45) is 0 Å². The first-order valence-corrected chi connectivity index (χ1v) is 7.49. The van der Waals surface area contributed by atoms with E-state index in [-0.39, 0.29) is 11.4 Å². The normalized spacial score (nSPS) is 11.8. The molecule has 0 unspecified atom stereocenters. The molecule has 0 saturated carbocycles. The Bertz CT molecular complexity index is 615. The first kappa shape index (κ1) is 15.6. The average Bonchev–Trinajstić information content (AvgIpc) is 3.02. The zero-order valence-electron chi connectivity index (χ0n) is 12.3. The molecule has 0 spiro atoms. The predicted molar refractivity (Wildman–Crippen MR) is 80.3 cm³/mol. The van der Waals surface area contributed by atoms with E-state index in [0.29, 0.717) is 10.8 Å². The maximum absolute atomic E-state index is 10.6. The fourth-order valence-corrected chi connectivity index (χ4v) is 2.54. The van der Waals surface area contributed by atoms with Crippen molar-refractivity contribution in [1.82, 2.24) is 15.5 Å². The number of hydrogen-bond acceptors (Lipinski definition) is 7. The van der Waals surface area contributed by atoms with Crippen LogP contribution in [0.4, 0.5) is 5.88 Å². The van der Waals surface area contributed by atoms with Gasteiger partial charge in [-0.25, -0.2) is 0 Å². The van der Waals surface area contributed by atoms with E-state index in [4.69, 9.17) is 4.42 Å². The highest BCUT2D eigenvalue weighted by atomic mass is 32.1. The fraction of sp³-hybridized carbons (Fsp3) is 0.538. The van der Waals surface area contributed by atoms with E-state index >= 15 is 0 Å². The van der Waals surface area contributed by atoms with Gasteiger partial charge in [0, 0.05) is 12.0 Å². The third kappa shape index (κ3) is 4.61. The van der Waals surface area contributed by atoms with Crippen molar-refractivity contribution >= 4 is 17.2 Å². The van der Waals surface area contributed by atoms with Crippen LogP contribution in [0.3, 0.4) is 0 Å². The molecule has 21 heavy (non-hydrogen) atoms. The van der Waals surface area contributed by atoms with Gasteiger partial charge in [0.1, 0.15) is 9.93 Å². The Morgan fingerprint density at radius 3 is 2.76 bits per heavy atom. The molecule has 0 fully saturated rings. The molecule has 0 bridgehead atoms. The summed E-state index contributed by atoms with van der Waals surface area (Å²) in [6.45, 7) is 7.28. The summed E-state index contributed by atoms with van der Waals surface area (Å²) in [6, 6.07) is 2.87. The van der Waals surface area contributed by atoms with Gasteiger partial charge in [0.2, 0.25) is 0 Å². The molecular formula is C13H18N4O3S. The Labute approximate surface area is 126 Å². The highest BCUT2D eigenvalue weighted by Crippen LogP contribution is 2.28. The molecule has 2 heterocycles. The van der Waals surface area contributed by atoms with Crippen LogP contribution < -0.4 is 5.32 Å². The van der Waals surface area contributed by atoms with Crippen LogP contribution in [0, 0.1) is 10.1 Å². The van der Waals surface area contributed by atoms with Crippen LogP contribution in [-0.2, 0) is 6.42 Å². The lowest BCUT2D eigenvalue weighted by Crippen LogP contribution is -2.36. The summed E-state index contributed by atoms with van der Waals surface area (Å²) in [6.07, 6.45) is 1.79. The first-order chi connectivity index (χ1) is 9.85. The van der Waals surface area contributed by atoms with Crippen LogP contribution in [-0.4, -0.2) is 27.2 Å². The SMILES string of the molecule is CC(C)(C)NCCCc1nnc(-c2ccc([N+](=O)[O-])o2)s1. The highest BCUT2D eigenvalue weighted by molar-refractivity contribution is 7.14. The molecule has 0 aromatic carbocycles. The van der Waals surface area contributed by atoms with Gasteiger partial charge in [0.15, 0.2) is 10.8 Å². The molecule has 0 amide bonds. The summed E-state index contributed by atoms with van der Waals surface area (Å²) in [4.78, 5) is 10.0. The predicted octanol–water partition coefficient (Wildman–Crippen LogP) is 3.03. The second kappa shape index (κ2) is 6.31. The standard InChI is InChI=1S/C13H18N4O3S/c1-13(2,3)14-8-4-5-10-15-16-12(21-10)9-6-7-11(20-9)17(18)19/h6-7,14H,4-5,8H2,1-3H3. The summed E-state index contributed by atoms with van der Waals surface area (Å²) in [7, 11) is 0. The molecule has 2 aromatic heterocycles. The van der Waals surface area contributed by atoms with Crippen LogP contribution in [0.1, 0.15) is 32.2 Å². The van der Waals surface area contributed by atoms with Gasteiger partial charge in [-0.2, -0.15) is 0 Å². The Morgan fingerprint density at radius 2 is 2.14 bits per heavy atom. The number of aryl methyl sites for hydroxylation is 1. The number of rotatable bonds is 6. The van der Waals surface area contributed by atoms with Crippen molar-refractivity contribution < 1.29 is 9.34 Å². The average molecular weight is 310 g/mol. The Hall–Kier alpha value is -1.80. The van der Waals surface area contributed by atoms with E-state index in [1.165, 1.54) is 17.4 Å². The van der Waals surface area contributed by atoms with Crippen LogP contribution in [0.2, 0.25) is 0 Å². The zero-order chi connectivity index (χ0) is 15.5. The maximum atomic E-state index is 10.6. The lowest BCUT2D eigenvalue weighted by atomic mass is 10.1. The number of nitrogens with zero attached hydrogens (tertiary/aromatic N) is 3. The van der Waals surface area contributed by atoms with Gasteiger partial charge in [-0.15, -0.1) is 10.2 Å². The topological polar surface area (TPSA) is 94.1 Å². The molecule has 0 saturated heterocycles. The third-order valence-corrected chi connectivity index (χ3v) is 3.67. The van der Waals surface area contributed by atoms with Gasteiger partial charge < -0.3 is 9.73 Å². The molecule has 0 aliphatic carbocycles. The first-order valence-electron chi connectivity index (χ1n) is 6.67. The lowest BCUT2D eigenvalue weighted by molar-refractivity contribution is -0.401. The van der Waals surface area contributed by atoms with E-state index in [1.54, 1.807) is 6.07 Å². The van der Waals surface area contributed by atoms with Crippen LogP contribution >= 0.6 is 11.3 Å². The zero-order valence-corrected chi connectivity index (χ0v) is 13.1. The van der Waals surface area contributed by atoms with E-state index in [1.807, 2.05) is 0 Å². The summed E-state index contributed by atoms with van der Waals surface area (Å²) in [5, 5.41) is 23.6. The molecule has 8 heteroatoms. The third-order valence-electron chi connectivity index (χ3n) is 2.67. The molecule has 0 radical (unpaired) electrons. The Kier molecular flexibility index (Phi) is 4.69. The minimum absolute atomic E-state index is 0.111. The molecule has 0 aliphatic rings. The minimum Gasteiger partial charge on any atom is -0.398 e. The highest BCUT2D eigenvalue weighted by Gasteiger charge is 2.16. The van der Waals surface area contributed by atoms with Gasteiger partial charge in [0.05, 0.1) is 6.07 Å². The molecule has 0 atom stereocenters. The number of nitrogens with one attached hydrogen (secondary N) is 1. The number of hydrogen-bond donors (Lipinski definition) is 1. The Balaban J connectivity index is 1.90. The van der Waals surface area contributed by atoms with Gasteiger partial charge in [0.25, 0.3) is 0 Å². The van der Waals surface area contributed by atoms with E-state index < -0.39 is 4.92 Å². The molecular weight excluding hydrogens is 292 g/mol. The van der Waals surface area contributed by atoms with Crippen molar-refractivity contribution in [3.05, 3.63) is 27.3 Å². The van der Waals surface area contributed by atoms with Gasteiger partial charge >= 0.3 is 5.88 Å². The van der Waals surface area contributed by atoms with E-state index in [9.17, 15) is 10.1 Å². The summed E-state index contributed by atoms with van der Waals surface area (Å²) in [5.74, 6) is 0.106. The molecule has 1 N–H and O–H groups in total. The van der Waals surface area contributed by atoms with E-state index in [0.717, 1.165) is 24.4 Å². The summed E-state index contributed by atoms with van der Waals surface area (Å²) < 4.78 is 5.11. The molecule has 0 aliphatic heterocycles. The van der Waals surface area contributed by atoms with Crippen LogP contribution in [0.25, 0.3) is 10.8 Å². The molecule has 114 valence electrons. The quantitative estimate of drug-likeness (QED) is 0.500. The smallest absolute Gasteiger partial charge is 0.398 e. The lowest BCUT2D eigenvalue weighted by Gasteiger charge is -2.20.